The zero-order valence-corrected chi connectivity index (χ0v) is 17.4. The van der Waals surface area contributed by atoms with Gasteiger partial charge in [0.2, 0.25) is 0 Å². The Hall–Kier alpha value is -0.995. The van der Waals surface area contributed by atoms with Crippen LogP contribution in [-0.2, 0) is 20.1 Å². The average molecular weight is 344 g/mol. The van der Waals surface area contributed by atoms with E-state index in [0.717, 1.165) is 11.2 Å². The Morgan fingerprint density at radius 2 is 1.24 bits per heavy atom. The predicted molar refractivity (Wildman–Crippen MR) is 104 cm³/mol. The van der Waals surface area contributed by atoms with Crippen LogP contribution >= 0.6 is 0 Å². The van der Waals surface area contributed by atoms with Gasteiger partial charge in [-0.05, 0) is 68.6 Å². The number of fused-ring (bicyclic) bond motifs is 1. The molecule has 0 saturated carbocycles. The van der Waals surface area contributed by atoms with Crippen molar-refractivity contribution in [1.82, 2.24) is 0 Å². The number of hydrogen-bond acceptors (Lipinski definition) is 3. The maximum absolute atomic E-state index is 6.30. The van der Waals surface area contributed by atoms with Crippen molar-refractivity contribution in [2.24, 2.45) is 0 Å². The number of methoxy groups -OCH3 is 1. The summed E-state index contributed by atoms with van der Waals surface area (Å²) in [5, 5.41) is 0. The highest BCUT2D eigenvalue weighted by atomic mass is 16.7. The smallest absolute Gasteiger partial charge is 0.497 e. The molecule has 0 N–H and O–H groups in total. The van der Waals surface area contributed by atoms with E-state index in [1.807, 2.05) is 0 Å². The third-order valence-electron chi connectivity index (χ3n) is 6.71. The topological polar surface area (TPSA) is 27.7 Å². The highest BCUT2D eigenvalue weighted by Gasteiger charge is 2.53. The molecule has 2 aliphatic rings. The Kier molecular flexibility index (Phi) is 4.13. The van der Waals surface area contributed by atoms with E-state index in [0.29, 0.717) is 0 Å². The molecule has 0 spiro atoms. The predicted octanol–water partition coefficient (Wildman–Crippen LogP) is 4.34. The number of ether oxygens (including phenoxy) is 1. The fourth-order valence-corrected chi connectivity index (χ4v) is 3.94. The van der Waals surface area contributed by atoms with Gasteiger partial charge >= 0.3 is 7.12 Å². The van der Waals surface area contributed by atoms with Gasteiger partial charge < -0.3 is 14.0 Å². The van der Waals surface area contributed by atoms with E-state index < -0.39 is 7.12 Å². The van der Waals surface area contributed by atoms with Gasteiger partial charge in [0.05, 0.1) is 18.3 Å². The molecule has 1 heterocycles. The first-order valence-electron chi connectivity index (χ1n) is 9.39. The number of benzene rings is 1. The Morgan fingerprint density at radius 3 is 1.68 bits per heavy atom. The number of hydrogen-bond donors (Lipinski definition) is 0. The van der Waals surface area contributed by atoms with Gasteiger partial charge in [0, 0.05) is 5.46 Å². The highest BCUT2D eigenvalue weighted by molar-refractivity contribution is 6.63. The van der Waals surface area contributed by atoms with Crippen LogP contribution in [0.15, 0.2) is 12.1 Å². The van der Waals surface area contributed by atoms with E-state index in [-0.39, 0.29) is 22.0 Å². The molecule has 1 aliphatic carbocycles. The summed E-state index contributed by atoms with van der Waals surface area (Å²) >= 11 is 0. The van der Waals surface area contributed by atoms with Gasteiger partial charge in [-0.15, -0.1) is 0 Å². The minimum Gasteiger partial charge on any atom is -0.497 e. The number of rotatable bonds is 2. The van der Waals surface area contributed by atoms with E-state index in [1.165, 1.54) is 24.0 Å². The Bertz CT molecular complexity index is 673. The van der Waals surface area contributed by atoms with Gasteiger partial charge in [-0.25, -0.2) is 0 Å². The van der Waals surface area contributed by atoms with Gasteiger partial charge in [0.15, 0.2) is 0 Å². The zero-order chi connectivity index (χ0) is 18.8. The van der Waals surface area contributed by atoms with Gasteiger partial charge in [-0.1, -0.05) is 33.8 Å². The van der Waals surface area contributed by atoms with Crippen molar-refractivity contribution in [3.8, 4) is 5.75 Å². The van der Waals surface area contributed by atoms with Crippen molar-refractivity contribution in [2.75, 3.05) is 7.11 Å². The molecule has 1 aromatic rings. The monoisotopic (exact) mass is 344 g/mol. The second-order valence-corrected chi connectivity index (χ2v) is 10.00. The quantitative estimate of drug-likeness (QED) is 0.747. The molecule has 0 bridgehead atoms. The minimum atomic E-state index is -0.397. The molecule has 0 atom stereocenters. The molecule has 25 heavy (non-hydrogen) atoms. The summed E-state index contributed by atoms with van der Waals surface area (Å²) in [6, 6.07) is 4.49. The largest absolute Gasteiger partial charge is 0.498 e. The molecule has 0 amide bonds. The molecule has 0 unspecified atom stereocenters. The molecule has 1 saturated heterocycles. The van der Waals surface area contributed by atoms with Crippen LogP contribution < -0.4 is 10.2 Å². The van der Waals surface area contributed by atoms with E-state index >= 15 is 0 Å². The van der Waals surface area contributed by atoms with Crippen molar-refractivity contribution < 1.29 is 14.0 Å². The molecule has 3 rings (SSSR count). The minimum absolute atomic E-state index is 0.148. The maximum atomic E-state index is 6.30. The summed E-state index contributed by atoms with van der Waals surface area (Å²) in [6.07, 6.45) is 2.37. The van der Waals surface area contributed by atoms with Gasteiger partial charge in [0.25, 0.3) is 0 Å². The molecule has 1 aliphatic heterocycles. The van der Waals surface area contributed by atoms with Crippen LogP contribution in [0.25, 0.3) is 0 Å². The lowest BCUT2D eigenvalue weighted by Gasteiger charge is -2.42. The van der Waals surface area contributed by atoms with Crippen molar-refractivity contribution in [2.45, 2.75) is 90.3 Å². The Labute approximate surface area is 153 Å². The summed E-state index contributed by atoms with van der Waals surface area (Å²) in [6.45, 7) is 17.7. The SMILES string of the molecule is COc1cc2c(cc1B1OC(C)(C)C(C)(C)O1)C(C)(C)CCC2(C)C. The summed E-state index contributed by atoms with van der Waals surface area (Å²) in [7, 11) is 1.34. The lowest BCUT2D eigenvalue weighted by atomic mass is 9.61. The van der Waals surface area contributed by atoms with Gasteiger partial charge in [-0.2, -0.15) is 0 Å². The van der Waals surface area contributed by atoms with Crippen LogP contribution in [0.1, 0.15) is 79.4 Å². The average Bonchev–Trinajstić information content (AvgIpc) is 2.71. The van der Waals surface area contributed by atoms with Crippen LogP contribution in [0.2, 0.25) is 0 Å². The maximum Gasteiger partial charge on any atom is 0.498 e. The summed E-state index contributed by atoms with van der Waals surface area (Å²) in [5.74, 6) is 0.864. The first kappa shape index (κ1) is 18.8. The molecular weight excluding hydrogens is 311 g/mol. The Balaban J connectivity index is 2.14. The van der Waals surface area contributed by atoms with E-state index in [1.54, 1.807) is 7.11 Å². The van der Waals surface area contributed by atoms with Gasteiger partial charge in [-0.3, -0.25) is 0 Å². The summed E-state index contributed by atoms with van der Waals surface area (Å²) in [4.78, 5) is 0. The molecule has 0 aromatic heterocycles. The summed E-state index contributed by atoms with van der Waals surface area (Å²) in [5.41, 5.74) is 3.39. The third kappa shape index (κ3) is 2.92. The van der Waals surface area contributed by atoms with Crippen LogP contribution in [0.5, 0.6) is 5.75 Å². The zero-order valence-electron chi connectivity index (χ0n) is 17.4. The molecule has 1 fully saturated rings. The molecule has 138 valence electrons. The molecule has 0 radical (unpaired) electrons. The van der Waals surface area contributed by atoms with Crippen LogP contribution in [0.4, 0.5) is 0 Å². The second kappa shape index (κ2) is 5.50. The van der Waals surface area contributed by atoms with Crippen LogP contribution in [-0.4, -0.2) is 25.4 Å². The van der Waals surface area contributed by atoms with E-state index in [4.69, 9.17) is 14.0 Å². The van der Waals surface area contributed by atoms with Crippen molar-refractivity contribution >= 4 is 12.6 Å². The molecule has 3 nitrogen and oxygen atoms in total. The van der Waals surface area contributed by atoms with Crippen molar-refractivity contribution in [3.63, 3.8) is 0 Å². The van der Waals surface area contributed by atoms with Gasteiger partial charge in [0.1, 0.15) is 5.75 Å². The summed E-state index contributed by atoms with van der Waals surface area (Å²) < 4.78 is 18.4. The fourth-order valence-electron chi connectivity index (χ4n) is 3.94. The standard InChI is InChI=1S/C21H33BO3/c1-18(2)10-11-19(3,4)15-13-17(23-9)16(12-14(15)18)22-24-20(5,6)21(7,8)25-22/h12-13H,10-11H2,1-9H3. The normalized spacial score (nSPS) is 25.6. The Morgan fingerprint density at radius 1 is 0.800 bits per heavy atom. The second-order valence-electron chi connectivity index (χ2n) is 10.00. The van der Waals surface area contributed by atoms with Crippen LogP contribution in [0.3, 0.4) is 0 Å². The first-order chi connectivity index (χ1) is 11.3. The lowest BCUT2D eigenvalue weighted by molar-refractivity contribution is 0.00578. The van der Waals surface area contributed by atoms with E-state index in [2.05, 4.69) is 67.5 Å². The highest BCUT2D eigenvalue weighted by Crippen LogP contribution is 2.47. The molecule has 1 aromatic carbocycles. The fraction of sp³-hybridized carbons (Fsp3) is 0.714. The van der Waals surface area contributed by atoms with Crippen LogP contribution in [0, 0.1) is 0 Å². The third-order valence-corrected chi connectivity index (χ3v) is 6.71. The van der Waals surface area contributed by atoms with E-state index in [9.17, 15) is 0 Å². The lowest BCUT2D eigenvalue weighted by Crippen LogP contribution is -2.41. The van der Waals surface area contributed by atoms with Crippen molar-refractivity contribution in [1.29, 1.82) is 0 Å². The van der Waals surface area contributed by atoms with Crippen molar-refractivity contribution in [3.05, 3.63) is 23.3 Å². The molecular formula is C21H33BO3. The first-order valence-corrected chi connectivity index (χ1v) is 9.39. The molecule has 4 heteroatoms.